The zero-order valence-electron chi connectivity index (χ0n) is 13.3. The van der Waals surface area contributed by atoms with Crippen LogP contribution in [-0.2, 0) is 20.7 Å². The van der Waals surface area contributed by atoms with Crippen molar-refractivity contribution in [3.05, 3.63) is 46.7 Å². The minimum absolute atomic E-state index is 0.168. The molecule has 4 nitrogen and oxygen atoms in total. The number of hydrogen-bond donors (Lipinski definition) is 1. The number of esters is 1. The van der Waals surface area contributed by atoms with Crippen LogP contribution in [0.1, 0.15) is 37.8 Å². The molecule has 1 aliphatic rings. The van der Waals surface area contributed by atoms with Gasteiger partial charge in [-0.3, -0.25) is 4.79 Å². The van der Waals surface area contributed by atoms with Crippen LogP contribution in [0.4, 0.5) is 0 Å². The zero-order chi connectivity index (χ0) is 16.3. The summed E-state index contributed by atoms with van der Waals surface area (Å²) in [6.07, 6.45) is 0.572. The van der Waals surface area contributed by atoms with Crippen molar-refractivity contribution in [1.29, 1.82) is 0 Å². The van der Waals surface area contributed by atoms with Gasteiger partial charge >= 0.3 is 5.97 Å². The molecule has 0 spiro atoms. The molecule has 2 rings (SSSR count). The van der Waals surface area contributed by atoms with Crippen LogP contribution in [0.2, 0.25) is 0 Å². The maximum absolute atomic E-state index is 12.2. The molecule has 118 valence electrons. The second-order valence-electron chi connectivity index (χ2n) is 6.20. The van der Waals surface area contributed by atoms with Crippen molar-refractivity contribution in [1.82, 2.24) is 0 Å². The van der Waals surface area contributed by atoms with Gasteiger partial charge in [-0.05, 0) is 31.2 Å². The van der Waals surface area contributed by atoms with E-state index in [4.69, 9.17) is 4.74 Å². The molecule has 1 N–H and O–H groups in total. The number of aliphatic hydroxyl groups is 1. The molecule has 1 aromatic rings. The van der Waals surface area contributed by atoms with Crippen molar-refractivity contribution in [2.45, 2.75) is 46.1 Å². The van der Waals surface area contributed by atoms with Gasteiger partial charge < -0.3 is 9.84 Å². The first kappa shape index (κ1) is 16.3. The lowest BCUT2D eigenvalue weighted by molar-refractivity contribution is -0.141. The number of hydrogen-bond acceptors (Lipinski definition) is 4. The van der Waals surface area contributed by atoms with E-state index in [-0.39, 0.29) is 29.5 Å². The molecule has 0 aromatic heterocycles. The van der Waals surface area contributed by atoms with E-state index in [1.807, 2.05) is 45.0 Å². The number of carbonyl (C=O) groups excluding carboxylic acids is 2. The van der Waals surface area contributed by atoms with Crippen molar-refractivity contribution >= 4 is 11.8 Å². The van der Waals surface area contributed by atoms with E-state index in [0.717, 1.165) is 11.1 Å². The van der Waals surface area contributed by atoms with Gasteiger partial charge in [0.2, 0.25) is 0 Å². The number of aryl methyl sites for hydroxylation is 2. The van der Waals surface area contributed by atoms with Gasteiger partial charge in [0.15, 0.2) is 17.6 Å². The lowest BCUT2D eigenvalue weighted by atomic mass is 9.99. The standard InChI is InChI=1S/C18H22O4/c1-11(2)9-15-17(20)16(18(21)22-15)14(19)8-7-13-6-4-5-12(3)10-13/h4-6,10-11,15,20H,7-9H2,1-3H3. The Morgan fingerprint density at radius 1 is 1.36 bits per heavy atom. The molecule has 1 unspecified atom stereocenters. The van der Waals surface area contributed by atoms with Crippen molar-refractivity contribution in [3.8, 4) is 0 Å². The molecule has 1 aromatic carbocycles. The number of ether oxygens (including phenoxy) is 1. The monoisotopic (exact) mass is 302 g/mol. The molecule has 0 saturated carbocycles. The normalized spacial score (nSPS) is 18.0. The molecule has 0 fully saturated rings. The van der Waals surface area contributed by atoms with Gasteiger partial charge in [-0.1, -0.05) is 43.7 Å². The van der Waals surface area contributed by atoms with Crippen LogP contribution in [0.25, 0.3) is 0 Å². The molecule has 22 heavy (non-hydrogen) atoms. The van der Waals surface area contributed by atoms with E-state index >= 15 is 0 Å². The van der Waals surface area contributed by atoms with Crippen molar-refractivity contribution in [2.75, 3.05) is 0 Å². The minimum atomic E-state index is -0.697. The van der Waals surface area contributed by atoms with Crippen LogP contribution in [-0.4, -0.2) is 23.0 Å². The Labute approximate surface area is 130 Å². The third-order valence-corrected chi connectivity index (χ3v) is 3.70. The van der Waals surface area contributed by atoms with Crippen molar-refractivity contribution in [3.63, 3.8) is 0 Å². The summed E-state index contributed by atoms with van der Waals surface area (Å²) < 4.78 is 5.11. The van der Waals surface area contributed by atoms with Gasteiger partial charge in [0.05, 0.1) is 0 Å². The summed E-state index contributed by atoms with van der Waals surface area (Å²) in [5, 5.41) is 10.1. The van der Waals surface area contributed by atoms with E-state index < -0.39 is 12.1 Å². The number of rotatable bonds is 6. The fourth-order valence-corrected chi connectivity index (χ4v) is 2.60. The van der Waals surface area contributed by atoms with Gasteiger partial charge in [0, 0.05) is 6.42 Å². The molecule has 1 heterocycles. The zero-order valence-corrected chi connectivity index (χ0v) is 13.3. The van der Waals surface area contributed by atoms with Crippen molar-refractivity contribution in [2.24, 2.45) is 5.92 Å². The Kier molecular flexibility index (Phi) is 5.01. The van der Waals surface area contributed by atoms with E-state index in [1.54, 1.807) is 0 Å². The lowest BCUT2D eigenvalue weighted by Gasteiger charge is -2.11. The summed E-state index contributed by atoms with van der Waals surface area (Å²) in [6.45, 7) is 5.93. The average molecular weight is 302 g/mol. The molecule has 0 bridgehead atoms. The number of Topliss-reactive ketones (excluding diaryl/α,β-unsaturated/α-hetero) is 1. The fourth-order valence-electron chi connectivity index (χ4n) is 2.60. The Hall–Kier alpha value is -2.10. The number of carbonyl (C=O) groups is 2. The van der Waals surface area contributed by atoms with Crippen LogP contribution in [0.3, 0.4) is 0 Å². The van der Waals surface area contributed by atoms with Crippen LogP contribution in [0.5, 0.6) is 0 Å². The van der Waals surface area contributed by atoms with Gasteiger partial charge in [0.1, 0.15) is 5.57 Å². The molecular formula is C18H22O4. The van der Waals surface area contributed by atoms with Crippen LogP contribution in [0.15, 0.2) is 35.6 Å². The summed E-state index contributed by atoms with van der Waals surface area (Å²) in [5.74, 6) is -0.984. The van der Waals surface area contributed by atoms with Gasteiger partial charge in [-0.2, -0.15) is 0 Å². The highest BCUT2D eigenvalue weighted by Crippen LogP contribution is 2.27. The van der Waals surface area contributed by atoms with Gasteiger partial charge in [0.25, 0.3) is 0 Å². The van der Waals surface area contributed by atoms with Gasteiger partial charge in [-0.25, -0.2) is 4.79 Å². The average Bonchev–Trinajstić information content (AvgIpc) is 2.70. The first-order valence-corrected chi connectivity index (χ1v) is 7.61. The Morgan fingerprint density at radius 3 is 2.73 bits per heavy atom. The Bertz CT molecular complexity index is 613. The molecular weight excluding hydrogens is 280 g/mol. The maximum atomic E-state index is 12.2. The number of cyclic esters (lactones) is 1. The first-order chi connectivity index (χ1) is 10.4. The molecule has 0 radical (unpaired) electrons. The van der Waals surface area contributed by atoms with E-state index in [1.165, 1.54) is 0 Å². The number of benzene rings is 1. The third kappa shape index (κ3) is 3.75. The van der Waals surface area contributed by atoms with Crippen LogP contribution in [0, 0.1) is 12.8 Å². The second kappa shape index (κ2) is 6.77. The fraction of sp³-hybridized carbons (Fsp3) is 0.444. The van der Waals surface area contributed by atoms with Crippen LogP contribution >= 0.6 is 0 Å². The highest BCUT2D eigenvalue weighted by atomic mass is 16.6. The summed E-state index contributed by atoms with van der Waals surface area (Å²) in [4.78, 5) is 24.1. The van der Waals surface area contributed by atoms with E-state index in [9.17, 15) is 14.7 Å². The molecule has 0 saturated heterocycles. The molecule has 1 aliphatic heterocycles. The summed E-state index contributed by atoms with van der Waals surface area (Å²) in [5.41, 5.74) is 2.00. The SMILES string of the molecule is Cc1cccc(CCC(=O)C2=C(O)C(CC(C)C)OC2=O)c1. The lowest BCUT2D eigenvalue weighted by Crippen LogP contribution is -2.14. The predicted octanol–water partition coefficient (Wildman–Crippen LogP) is 3.28. The highest BCUT2D eigenvalue weighted by molar-refractivity contribution is 6.19. The first-order valence-electron chi connectivity index (χ1n) is 7.61. The maximum Gasteiger partial charge on any atom is 0.346 e. The molecule has 0 amide bonds. The minimum Gasteiger partial charge on any atom is -0.507 e. The Balaban J connectivity index is 2.05. The van der Waals surface area contributed by atoms with Crippen LogP contribution < -0.4 is 0 Å². The summed E-state index contributed by atoms with van der Waals surface area (Å²) in [7, 11) is 0. The van der Waals surface area contributed by atoms with Gasteiger partial charge in [-0.15, -0.1) is 0 Å². The summed E-state index contributed by atoms with van der Waals surface area (Å²) in [6, 6.07) is 7.89. The highest BCUT2D eigenvalue weighted by Gasteiger charge is 2.37. The number of aliphatic hydroxyl groups excluding tert-OH is 1. The quantitative estimate of drug-likeness (QED) is 0.647. The smallest absolute Gasteiger partial charge is 0.346 e. The summed E-state index contributed by atoms with van der Waals surface area (Å²) >= 11 is 0. The third-order valence-electron chi connectivity index (χ3n) is 3.70. The van der Waals surface area contributed by atoms with E-state index in [2.05, 4.69) is 0 Å². The molecule has 4 heteroatoms. The van der Waals surface area contributed by atoms with Crippen molar-refractivity contribution < 1.29 is 19.4 Å². The molecule has 1 atom stereocenters. The Morgan fingerprint density at radius 2 is 2.09 bits per heavy atom. The number of ketones is 1. The predicted molar refractivity (Wildman–Crippen MR) is 83.5 cm³/mol. The topological polar surface area (TPSA) is 63.6 Å². The largest absolute Gasteiger partial charge is 0.507 e. The van der Waals surface area contributed by atoms with E-state index in [0.29, 0.717) is 12.8 Å². The second-order valence-corrected chi connectivity index (χ2v) is 6.20. The molecule has 0 aliphatic carbocycles.